The quantitative estimate of drug-likeness (QED) is 0.762. The molecule has 0 radical (unpaired) electrons. The number of benzene rings is 1. The summed E-state index contributed by atoms with van der Waals surface area (Å²) in [7, 11) is 0. The molecule has 0 saturated heterocycles. The SMILES string of the molecule is OC(c1cc(Cl)c(Br)c(Cl)c1)C(F)(F)F. The Morgan fingerprint density at radius 3 is 1.93 bits per heavy atom. The van der Waals surface area contributed by atoms with Gasteiger partial charge in [-0.15, -0.1) is 0 Å². The topological polar surface area (TPSA) is 20.2 Å². The average Bonchev–Trinajstić information content (AvgIpc) is 2.10. The summed E-state index contributed by atoms with van der Waals surface area (Å²) in [5.41, 5.74) is -0.388. The molecule has 0 amide bonds. The second kappa shape index (κ2) is 4.49. The van der Waals surface area contributed by atoms with Gasteiger partial charge in [0.2, 0.25) is 0 Å². The van der Waals surface area contributed by atoms with Crippen LogP contribution in [0.25, 0.3) is 0 Å². The van der Waals surface area contributed by atoms with E-state index in [9.17, 15) is 13.2 Å². The fourth-order valence-electron chi connectivity index (χ4n) is 0.922. The second-order valence-corrected chi connectivity index (χ2v) is 4.35. The Kier molecular flexibility index (Phi) is 3.92. The molecule has 15 heavy (non-hydrogen) atoms. The molecule has 0 aromatic heterocycles. The first-order valence-electron chi connectivity index (χ1n) is 3.62. The van der Waals surface area contributed by atoms with Crippen molar-refractivity contribution in [3.05, 3.63) is 32.2 Å². The fraction of sp³-hybridized carbons (Fsp3) is 0.250. The highest BCUT2D eigenvalue weighted by Crippen LogP contribution is 2.38. The Labute approximate surface area is 102 Å². The van der Waals surface area contributed by atoms with E-state index in [0.29, 0.717) is 4.47 Å². The van der Waals surface area contributed by atoms with Crippen LogP contribution in [0.1, 0.15) is 11.7 Å². The van der Waals surface area contributed by atoms with Gasteiger partial charge in [-0.2, -0.15) is 13.2 Å². The molecule has 1 aromatic rings. The largest absolute Gasteiger partial charge is 0.418 e. The molecule has 0 saturated carbocycles. The maximum atomic E-state index is 12.2. The van der Waals surface area contributed by atoms with Crippen molar-refractivity contribution in [2.75, 3.05) is 0 Å². The molecular formula is C8H4BrCl2F3O. The second-order valence-electron chi connectivity index (χ2n) is 2.74. The number of halogens is 6. The maximum absolute atomic E-state index is 12.2. The summed E-state index contributed by atoms with van der Waals surface area (Å²) in [6, 6.07) is 2.02. The van der Waals surface area contributed by atoms with Gasteiger partial charge in [-0.25, -0.2) is 0 Å². The van der Waals surface area contributed by atoms with Crippen LogP contribution in [0.2, 0.25) is 10.0 Å². The summed E-state index contributed by atoms with van der Waals surface area (Å²) in [5.74, 6) is 0. The number of aliphatic hydroxyl groups is 1. The molecule has 0 heterocycles. The summed E-state index contributed by atoms with van der Waals surface area (Å²) in [6.45, 7) is 0. The van der Waals surface area contributed by atoms with Crippen molar-refractivity contribution in [1.29, 1.82) is 0 Å². The lowest BCUT2D eigenvalue weighted by atomic mass is 10.1. The molecule has 7 heteroatoms. The summed E-state index contributed by atoms with van der Waals surface area (Å²) in [6.07, 6.45) is -7.32. The van der Waals surface area contributed by atoms with Gasteiger partial charge >= 0.3 is 6.18 Å². The molecule has 1 unspecified atom stereocenters. The molecule has 1 N–H and O–H groups in total. The van der Waals surface area contributed by atoms with Crippen LogP contribution in [0.5, 0.6) is 0 Å². The number of aliphatic hydroxyl groups excluding tert-OH is 1. The lowest BCUT2D eigenvalue weighted by molar-refractivity contribution is -0.206. The van der Waals surface area contributed by atoms with Crippen molar-refractivity contribution in [3.63, 3.8) is 0 Å². The summed E-state index contributed by atoms with van der Waals surface area (Å²) in [5, 5.41) is 8.97. The number of hydrogen-bond acceptors (Lipinski definition) is 1. The highest BCUT2D eigenvalue weighted by atomic mass is 79.9. The van der Waals surface area contributed by atoms with E-state index in [4.69, 9.17) is 28.3 Å². The van der Waals surface area contributed by atoms with Gasteiger partial charge in [0, 0.05) is 0 Å². The van der Waals surface area contributed by atoms with Crippen LogP contribution in [-0.2, 0) is 0 Å². The molecule has 1 aromatic carbocycles. The van der Waals surface area contributed by atoms with Crippen molar-refractivity contribution in [2.45, 2.75) is 12.3 Å². The summed E-state index contributed by atoms with van der Waals surface area (Å²) in [4.78, 5) is 0. The molecule has 0 spiro atoms. The Bertz CT molecular complexity index is 358. The number of rotatable bonds is 1. The van der Waals surface area contributed by atoms with E-state index in [1.807, 2.05) is 0 Å². The molecule has 1 rings (SSSR count). The van der Waals surface area contributed by atoms with Crippen LogP contribution >= 0.6 is 39.1 Å². The van der Waals surface area contributed by atoms with Crippen LogP contribution in [0.3, 0.4) is 0 Å². The van der Waals surface area contributed by atoms with Gasteiger partial charge < -0.3 is 5.11 Å². The molecule has 1 atom stereocenters. The van der Waals surface area contributed by atoms with Crippen molar-refractivity contribution in [3.8, 4) is 0 Å². The highest BCUT2D eigenvalue weighted by molar-refractivity contribution is 9.10. The van der Waals surface area contributed by atoms with E-state index in [0.717, 1.165) is 12.1 Å². The Morgan fingerprint density at radius 2 is 1.60 bits per heavy atom. The molecule has 0 aliphatic rings. The smallest absolute Gasteiger partial charge is 0.379 e. The van der Waals surface area contributed by atoms with E-state index in [-0.39, 0.29) is 15.6 Å². The molecular weight excluding hydrogens is 320 g/mol. The zero-order valence-electron chi connectivity index (χ0n) is 6.95. The zero-order valence-corrected chi connectivity index (χ0v) is 10.0. The summed E-state index contributed by atoms with van der Waals surface area (Å²) >= 11 is 14.2. The minimum atomic E-state index is -4.74. The first-order valence-corrected chi connectivity index (χ1v) is 5.17. The normalized spacial score (nSPS) is 14.1. The van der Waals surface area contributed by atoms with Gasteiger partial charge in [0.15, 0.2) is 6.10 Å². The minimum Gasteiger partial charge on any atom is -0.379 e. The fourth-order valence-corrected chi connectivity index (χ4v) is 1.65. The molecule has 0 bridgehead atoms. The van der Waals surface area contributed by atoms with Crippen molar-refractivity contribution >= 4 is 39.1 Å². The third kappa shape index (κ3) is 3.00. The van der Waals surface area contributed by atoms with Gasteiger partial charge in [0.1, 0.15) is 0 Å². The third-order valence-corrected chi connectivity index (χ3v) is 3.54. The Morgan fingerprint density at radius 1 is 1.20 bits per heavy atom. The molecule has 0 fully saturated rings. The Hall–Kier alpha value is 0.0300. The lowest BCUT2D eigenvalue weighted by Gasteiger charge is -2.15. The summed E-state index contributed by atoms with van der Waals surface area (Å²) < 4.78 is 36.7. The lowest BCUT2D eigenvalue weighted by Crippen LogP contribution is -2.20. The predicted octanol–water partition coefficient (Wildman–Crippen LogP) is 4.35. The molecule has 84 valence electrons. The van der Waals surface area contributed by atoms with Crippen molar-refractivity contribution in [2.24, 2.45) is 0 Å². The van der Waals surface area contributed by atoms with Gasteiger partial charge in [-0.3, -0.25) is 0 Å². The van der Waals surface area contributed by atoms with Gasteiger partial charge in [0.25, 0.3) is 0 Å². The zero-order chi connectivity index (χ0) is 11.8. The molecule has 0 aliphatic heterocycles. The van der Waals surface area contributed by atoms with Gasteiger partial charge in [0.05, 0.1) is 14.5 Å². The van der Waals surface area contributed by atoms with Crippen LogP contribution in [-0.4, -0.2) is 11.3 Å². The van der Waals surface area contributed by atoms with Crippen LogP contribution in [0.4, 0.5) is 13.2 Å². The predicted molar refractivity (Wildman–Crippen MR) is 55.2 cm³/mol. The van der Waals surface area contributed by atoms with E-state index < -0.39 is 12.3 Å². The minimum absolute atomic E-state index is 0.0146. The van der Waals surface area contributed by atoms with Gasteiger partial charge in [-0.05, 0) is 33.6 Å². The van der Waals surface area contributed by atoms with Crippen molar-refractivity contribution in [1.82, 2.24) is 0 Å². The van der Waals surface area contributed by atoms with E-state index >= 15 is 0 Å². The standard InChI is InChI=1S/C8H4BrCl2F3O/c9-6-4(10)1-3(2-5(6)11)7(15)8(12,13)14/h1-2,7,15H. The first-order chi connectivity index (χ1) is 6.73. The monoisotopic (exact) mass is 322 g/mol. The highest BCUT2D eigenvalue weighted by Gasteiger charge is 2.39. The average molecular weight is 324 g/mol. The molecule has 0 aliphatic carbocycles. The van der Waals surface area contributed by atoms with E-state index in [2.05, 4.69) is 15.9 Å². The van der Waals surface area contributed by atoms with E-state index in [1.54, 1.807) is 0 Å². The maximum Gasteiger partial charge on any atom is 0.418 e. The van der Waals surface area contributed by atoms with Crippen LogP contribution in [0.15, 0.2) is 16.6 Å². The van der Waals surface area contributed by atoms with Crippen molar-refractivity contribution < 1.29 is 18.3 Å². The van der Waals surface area contributed by atoms with Crippen LogP contribution < -0.4 is 0 Å². The third-order valence-electron chi connectivity index (χ3n) is 1.63. The number of hydrogen-bond donors (Lipinski definition) is 1. The first kappa shape index (κ1) is 13.1. The van der Waals surface area contributed by atoms with E-state index in [1.165, 1.54) is 0 Å². The number of alkyl halides is 3. The Balaban J connectivity index is 3.17. The van der Waals surface area contributed by atoms with Crippen LogP contribution in [0, 0.1) is 0 Å². The van der Waals surface area contributed by atoms with Gasteiger partial charge in [-0.1, -0.05) is 23.2 Å². The molecule has 1 nitrogen and oxygen atoms in total.